The molecule has 7 heteroatoms. The molecule has 1 amide bonds. The van der Waals surface area contributed by atoms with E-state index in [0.717, 1.165) is 76.0 Å². The summed E-state index contributed by atoms with van der Waals surface area (Å²) in [5.74, 6) is 0.357. The molecule has 3 aliphatic rings. The van der Waals surface area contributed by atoms with Crippen molar-refractivity contribution in [1.29, 1.82) is 0 Å². The van der Waals surface area contributed by atoms with Crippen molar-refractivity contribution in [2.75, 3.05) is 44.7 Å². The largest absolute Gasteiger partial charge is 0.379 e. The van der Waals surface area contributed by atoms with Crippen LogP contribution in [0, 0.1) is 11.3 Å². The smallest absolute Gasteiger partial charge is 0.229 e. The average Bonchev–Trinajstić information content (AvgIpc) is 3.08. The molecule has 126 valence electrons. The number of anilines is 1. The minimum atomic E-state index is 0.166. The summed E-state index contributed by atoms with van der Waals surface area (Å²) in [5, 5.41) is 9.21. The number of morpholine rings is 1. The maximum Gasteiger partial charge on any atom is 0.229 e. The Morgan fingerprint density at radius 1 is 1.43 bits per heavy atom. The zero-order chi connectivity index (χ0) is 15.7. The second-order valence-corrected chi connectivity index (χ2v) is 7.75. The van der Waals surface area contributed by atoms with E-state index in [4.69, 9.17) is 4.74 Å². The Morgan fingerprint density at radius 2 is 2.22 bits per heavy atom. The van der Waals surface area contributed by atoms with Crippen LogP contribution in [0.5, 0.6) is 0 Å². The molecule has 1 unspecified atom stereocenters. The number of ether oxygens (including phenoxy) is 1. The highest BCUT2D eigenvalue weighted by Gasteiger charge is 2.57. The van der Waals surface area contributed by atoms with Gasteiger partial charge in [0.05, 0.1) is 18.9 Å². The summed E-state index contributed by atoms with van der Waals surface area (Å²) in [4.78, 5) is 19.4. The van der Waals surface area contributed by atoms with E-state index in [0.29, 0.717) is 0 Å². The lowest BCUT2D eigenvalue weighted by Gasteiger charge is -2.25. The number of carbonyl (C=O) groups is 1. The summed E-state index contributed by atoms with van der Waals surface area (Å²) < 4.78 is 5.36. The molecule has 4 rings (SSSR count). The van der Waals surface area contributed by atoms with E-state index in [1.165, 1.54) is 11.3 Å². The molecule has 23 heavy (non-hydrogen) atoms. The Kier molecular flexibility index (Phi) is 4.36. The van der Waals surface area contributed by atoms with Crippen molar-refractivity contribution in [2.24, 2.45) is 11.3 Å². The molecule has 0 aromatic carbocycles. The van der Waals surface area contributed by atoms with Crippen LogP contribution >= 0.6 is 11.3 Å². The van der Waals surface area contributed by atoms with Gasteiger partial charge in [-0.2, -0.15) is 0 Å². The van der Waals surface area contributed by atoms with E-state index in [1.807, 2.05) is 0 Å². The molecule has 1 atom stereocenters. The van der Waals surface area contributed by atoms with Gasteiger partial charge in [0.15, 0.2) is 5.13 Å². The Balaban J connectivity index is 1.30. The van der Waals surface area contributed by atoms with E-state index in [-0.39, 0.29) is 17.2 Å². The molecule has 1 spiro atoms. The molecule has 3 fully saturated rings. The Hall–Kier alpha value is -1.02. The molecule has 2 aliphatic heterocycles. The predicted octanol–water partition coefficient (Wildman–Crippen LogP) is 1.30. The number of thiazole rings is 1. The highest BCUT2D eigenvalue weighted by molar-refractivity contribution is 7.13. The van der Waals surface area contributed by atoms with Crippen LogP contribution in [0.15, 0.2) is 5.38 Å². The van der Waals surface area contributed by atoms with E-state index in [2.05, 4.69) is 25.9 Å². The van der Waals surface area contributed by atoms with Crippen LogP contribution in [0.2, 0.25) is 0 Å². The molecule has 1 aromatic rings. The second-order valence-electron chi connectivity index (χ2n) is 6.89. The van der Waals surface area contributed by atoms with Crippen LogP contribution < -0.4 is 10.6 Å². The van der Waals surface area contributed by atoms with Gasteiger partial charge < -0.3 is 15.4 Å². The third-order valence-electron chi connectivity index (χ3n) is 5.38. The first-order chi connectivity index (χ1) is 11.3. The Morgan fingerprint density at radius 3 is 3.00 bits per heavy atom. The highest BCUT2D eigenvalue weighted by atomic mass is 32.1. The van der Waals surface area contributed by atoms with Gasteiger partial charge >= 0.3 is 0 Å². The van der Waals surface area contributed by atoms with Gasteiger partial charge in [-0.1, -0.05) is 0 Å². The van der Waals surface area contributed by atoms with Crippen LogP contribution in [0.1, 0.15) is 25.0 Å². The van der Waals surface area contributed by atoms with Gasteiger partial charge in [0.25, 0.3) is 0 Å². The van der Waals surface area contributed by atoms with Crippen molar-refractivity contribution < 1.29 is 9.53 Å². The number of nitrogens with one attached hydrogen (secondary N) is 2. The summed E-state index contributed by atoms with van der Waals surface area (Å²) >= 11 is 1.53. The molecule has 1 aromatic heterocycles. The van der Waals surface area contributed by atoms with Crippen LogP contribution in [-0.4, -0.2) is 55.2 Å². The topological polar surface area (TPSA) is 66.5 Å². The first-order valence-corrected chi connectivity index (χ1v) is 9.39. The van der Waals surface area contributed by atoms with Crippen molar-refractivity contribution >= 4 is 22.4 Å². The zero-order valence-corrected chi connectivity index (χ0v) is 14.2. The molecule has 0 bridgehead atoms. The Labute approximate surface area is 140 Å². The van der Waals surface area contributed by atoms with E-state index in [1.54, 1.807) is 0 Å². The van der Waals surface area contributed by atoms with Crippen LogP contribution in [0.25, 0.3) is 0 Å². The molecular weight excluding hydrogens is 312 g/mol. The van der Waals surface area contributed by atoms with Gasteiger partial charge in [0, 0.05) is 30.9 Å². The monoisotopic (exact) mass is 336 g/mol. The lowest BCUT2D eigenvalue weighted by molar-refractivity contribution is -0.118. The third-order valence-corrected chi connectivity index (χ3v) is 6.18. The molecule has 0 radical (unpaired) electrons. The summed E-state index contributed by atoms with van der Waals surface area (Å²) in [5.41, 5.74) is 1.32. The first-order valence-electron chi connectivity index (χ1n) is 8.51. The molecule has 2 saturated heterocycles. The van der Waals surface area contributed by atoms with Crippen LogP contribution in [0.4, 0.5) is 5.13 Å². The number of carbonyl (C=O) groups excluding carboxylic acids is 1. The number of aromatic nitrogens is 1. The van der Waals surface area contributed by atoms with Gasteiger partial charge in [-0.3, -0.25) is 9.69 Å². The highest BCUT2D eigenvalue weighted by Crippen LogP contribution is 2.58. The normalized spacial score (nSPS) is 27.0. The number of hydrogen-bond donors (Lipinski definition) is 2. The fourth-order valence-electron chi connectivity index (χ4n) is 3.81. The summed E-state index contributed by atoms with van der Waals surface area (Å²) in [6, 6.07) is 0. The minimum absolute atomic E-state index is 0.166. The summed E-state index contributed by atoms with van der Waals surface area (Å²) in [7, 11) is 0. The molecule has 6 nitrogen and oxygen atoms in total. The summed E-state index contributed by atoms with van der Waals surface area (Å²) in [6.45, 7) is 6.44. The van der Waals surface area contributed by atoms with Crippen molar-refractivity contribution in [2.45, 2.75) is 25.8 Å². The third kappa shape index (κ3) is 3.42. The van der Waals surface area contributed by atoms with E-state index < -0.39 is 0 Å². The molecular formula is C16H24N4O2S. The molecule has 3 heterocycles. The first kappa shape index (κ1) is 15.5. The second kappa shape index (κ2) is 6.47. The van der Waals surface area contributed by atoms with E-state index >= 15 is 0 Å². The van der Waals surface area contributed by atoms with Crippen molar-refractivity contribution in [3.05, 3.63) is 11.1 Å². The van der Waals surface area contributed by atoms with Crippen molar-refractivity contribution in [1.82, 2.24) is 15.2 Å². The number of rotatable bonds is 4. The maximum absolute atomic E-state index is 12.5. The quantitative estimate of drug-likeness (QED) is 0.868. The SMILES string of the molecule is O=C(Nc1nc(CN2CCOCC2)cs1)C1CC12CCNCC2. The minimum Gasteiger partial charge on any atom is -0.379 e. The fourth-order valence-corrected chi connectivity index (χ4v) is 4.52. The standard InChI is InChI=1S/C16H24N4O2S/c21-14(13-9-16(13)1-3-17-4-2-16)19-15-18-12(11-23-15)10-20-5-7-22-8-6-20/h11,13,17H,1-10H2,(H,18,19,21). The molecule has 1 aliphatic carbocycles. The predicted molar refractivity (Wildman–Crippen MR) is 89.5 cm³/mol. The molecule has 2 N–H and O–H groups in total. The van der Waals surface area contributed by atoms with Crippen molar-refractivity contribution in [3.8, 4) is 0 Å². The van der Waals surface area contributed by atoms with E-state index in [9.17, 15) is 4.79 Å². The lowest BCUT2D eigenvalue weighted by Crippen LogP contribution is -2.35. The lowest BCUT2D eigenvalue weighted by atomic mass is 9.92. The summed E-state index contributed by atoms with van der Waals surface area (Å²) in [6.07, 6.45) is 3.31. The van der Waals surface area contributed by atoms with Crippen molar-refractivity contribution in [3.63, 3.8) is 0 Å². The molecule has 1 saturated carbocycles. The maximum atomic E-state index is 12.5. The number of amides is 1. The van der Waals surface area contributed by atoms with Gasteiger partial charge in [0.1, 0.15) is 0 Å². The zero-order valence-electron chi connectivity index (χ0n) is 13.3. The van der Waals surface area contributed by atoms with Gasteiger partial charge in [-0.05, 0) is 37.8 Å². The van der Waals surface area contributed by atoms with Gasteiger partial charge in [-0.15, -0.1) is 11.3 Å². The van der Waals surface area contributed by atoms with Crippen LogP contribution in [-0.2, 0) is 16.1 Å². The van der Waals surface area contributed by atoms with Gasteiger partial charge in [-0.25, -0.2) is 4.98 Å². The van der Waals surface area contributed by atoms with Gasteiger partial charge in [0.2, 0.25) is 5.91 Å². The van der Waals surface area contributed by atoms with Crippen LogP contribution in [0.3, 0.4) is 0 Å². The number of hydrogen-bond acceptors (Lipinski definition) is 6. The Bertz CT molecular complexity index is 564. The number of piperidine rings is 1. The number of nitrogens with zero attached hydrogens (tertiary/aromatic N) is 2. The fraction of sp³-hybridized carbons (Fsp3) is 0.750. The average molecular weight is 336 g/mol.